The number of likely N-dealkylation sites (tertiary alicyclic amines) is 2. The predicted octanol–water partition coefficient (Wildman–Crippen LogP) is 2.40. The Kier molecular flexibility index (Phi) is 4.35. The van der Waals surface area contributed by atoms with Gasteiger partial charge in [0.15, 0.2) is 0 Å². The van der Waals surface area contributed by atoms with Crippen LogP contribution in [-0.2, 0) is 0 Å². The van der Waals surface area contributed by atoms with E-state index in [1.807, 2.05) is 4.90 Å². The highest BCUT2D eigenvalue weighted by Crippen LogP contribution is 2.30. The number of hydrogen-bond donors (Lipinski definition) is 0. The topological polar surface area (TPSA) is 66.7 Å². The summed E-state index contributed by atoms with van der Waals surface area (Å²) in [6.07, 6.45) is 1.20. The minimum absolute atomic E-state index is 0.00686. The number of amides is 1. The van der Waals surface area contributed by atoms with Crippen molar-refractivity contribution >= 4 is 11.6 Å². The van der Waals surface area contributed by atoms with Gasteiger partial charge in [-0.1, -0.05) is 0 Å². The number of fused-ring (bicyclic) bond motifs is 2. The molecule has 6 heteroatoms. The van der Waals surface area contributed by atoms with Gasteiger partial charge in [0, 0.05) is 49.9 Å². The third-order valence-electron chi connectivity index (χ3n) is 4.95. The number of benzene rings is 1. The fraction of sp³-hybridized carbons (Fsp3) is 0.588. The number of non-ortho nitro benzene ring substituents is 1. The van der Waals surface area contributed by atoms with Gasteiger partial charge in [0.05, 0.1) is 4.92 Å². The van der Waals surface area contributed by atoms with Crippen LogP contribution in [0.4, 0.5) is 5.69 Å². The van der Waals surface area contributed by atoms with Crippen molar-refractivity contribution in [2.75, 3.05) is 26.2 Å². The second-order valence-electron chi connectivity index (χ2n) is 7.03. The van der Waals surface area contributed by atoms with Crippen molar-refractivity contribution in [3.63, 3.8) is 0 Å². The molecule has 2 heterocycles. The molecule has 0 saturated carbocycles. The third kappa shape index (κ3) is 3.37. The predicted molar refractivity (Wildman–Crippen MR) is 87.3 cm³/mol. The molecule has 2 saturated heterocycles. The highest BCUT2D eigenvalue weighted by atomic mass is 16.6. The Balaban J connectivity index is 1.68. The van der Waals surface area contributed by atoms with Crippen molar-refractivity contribution in [3.8, 4) is 0 Å². The number of piperidine rings is 2. The van der Waals surface area contributed by atoms with Gasteiger partial charge in [0.2, 0.25) is 0 Å². The number of hydrogen-bond acceptors (Lipinski definition) is 4. The molecule has 1 amide bonds. The zero-order valence-electron chi connectivity index (χ0n) is 13.6. The van der Waals surface area contributed by atoms with Crippen molar-refractivity contribution < 1.29 is 9.72 Å². The molecular formula is C17H23N3O3. The van der Waals surface area contributed by atoms with E-state index in [1.54, 1.807) is 12.1 Å². The first kappa shape index (κ1) is 15.9. The summed E-state index contributed by atoms with van der Waals surface area (Å²) in [7, 11) is 0. The minimum atomic E-state index is -0.444. The smallest absolute Gasteiger partial charge is 0.269 e. The highest BCUT2D eigenvalue weighted by Gasteiger charge is 2.36. The lowest BCUT2D eigenvalue weighted by Gasteiger charge is -2.47. The first-order valence-corrected chi connectivity index (χ1v) is 8.22. The van der Waals surface area contributed by atoms with E-state index in [0.29, 0.717) is 23.4 Å². The Labute approximate surface area is 136 Å². The molecule has 1 aromatic rings. The maximum absolute atomic E-state index is 12.7. The summed E-state index contributed by atoms with van der Waals surface area (Å²) in [4.78, 5) is 27.4. The average molecular weight is 317 g/mol. The van der Waals surface area contributed by atoms with Crippen molar-refractivity contribution in [3.05, 3.63) is 39.9 Å². The molecule has 0 unspecified atom stereocenters. The Hall–Kier alpha value is -1.95. The molecule has 1 aromatic carbocycles. The zero-order chi connectivity index (χ0) is 16.6. The fourth-order valence-electron chi connectivity index (χ4n) is 3.82. The first-order valence-electron chi connectivity index (χ1n) is 8.22. The molecule has 124 valence electrons. The van der Waals surface area contributed by atoms with Crippen LogP contribution in [0.15, 0.2) is 24.3 Å². The number of nitro benzene ring substituents is 1. The van der Waals surface area contributed by atoms with Gasteiger partial charge in [-0.15, -0.1) is 0 Å². The molecule has 0 N–H and O–H groups in total. The summed E-state index contributed by atoms with van der Waals surface area (Å²) in [6.45, 7) is 8.13. The second-order valence-corrected chi connectivity index (χ2v) is 7.03. The summed E-state index contributed by atoms with van der Waals surface area (Å²) in [6, 6.07) is 6.48. The molecule has 2 atom stereocenters. The van der Waals surface area contributed by atoms with E-state index in [0.717, 1.165) is 26.2 Å². The normalized spacial score (nSPS) is 24.7. The molecular weight excluding hydrogens is 294 g/mol. The van der Waals surface area contributed by atoms with Gasteiger partial charge in [-0.05, 0) is 44.2 Å². The molecule has 2 bridgehead atoms. The summed E-state index contributed by atoms with van der Waals surface area (Å²) in [5.41, 5.74) is 0.556. The van der Waals surface area contributed by atoms with Crippen LogP contribution in [-0.4, -0.2) is 52.9 Å². The van der Waals surface area contributed by atoms with E-state index in [2.05, 4.69) is 18.7 Å². The van der Waals surface area contributed by atoms with E-state index in [4.69, 9.17) is 0 Å². The van der Waals surface area contributed by atoms with Crippen LogP contribution in [0.1, 0.15) is 30.6 Å². The van der Waals surface area contributed by atoms with Crippen molar-refractivity contribution in [1.29, 1.82) is 0 Å². The van der Waals surface area contributed by atoms with Gasteiger partial charge in [-0.3, -0.25) is 14.9 Å². The third-order valence-corrected chi connectivity index (χ3v) is 4.95. The van der Waals surface area contributed by atoms with Crippen LogP contribution in [0.5, 0.6) is 0 Å². The van der Waals surface area contributed by atoms with E-state index >= 15 is 0 Å². The molecule has 0 spiro atoms. The number of nitrogens with zero attached hydrogens (tertiary/aromatic N) is 3. The van der Waals surface area contributed by atoms with E-state index < -0.39 is 4.92 Å². The Morgan fingerprint density at radius 2 is 1.70 bits per heavy atom. The molecule has 2 fully saturated rings. The summed E-state index contributed by atoms with van der Waals surface area (Å²) in [5.74, 6) is 1.06. The lowest BCUT2D eigenvalue weighted by Crippen LogP contribution is -2.55. The summed E-state index contributed by atoms with van der Waals surface area (Å²) < 4.78 is 0. The van der Waals surface area contributed by atoms with E-state index in [9.17, 15) is 14.9 Å². The first-order chi connectivity index (χ1) is 10.9. The quantitative estimate of drug-likeness (QED) is 0.634. The molecule has 2 aliphatic heterocycles. The maximum Gasteiger partial charge on any atom is 0.269 e. The Morgan fingerprint density at radius 1 is 1.13 bits per heavy atom. The minimum Gasteiger partial charge on any atom is -0.338 e. The second kappa shape index (κ2) is 6.28. The number of rotatable bonds is 3. The molecule has 0 aromatic heterocycles. The van der Waals surface area contributed by atoms with E-state index in [-0.39, 0.29) is 11.6 Å². The van der Waals surface area contributed by atoms with Crippen LogP contribution in [0.2, 0.25) is 0 Å². The number of nitro groups is 1. The summed E-state index contributed by atoms with van der Waals surface area (Å²) >= 11 is 0. The van der Waals surface area contributed by atoms with Gasteiger partial charge in [0.25, 0.3) is 11.6 Å². The van der Waals surface area contributed by atoms with Gasteiger partial charge < -0.3 is 9.80 Å². The van der Waals surface area contributed by atoms with Gasteiger partial charge in [-0.2, -0.15) is 0 Å². The maximum atomic E-state index is 12.7. The van der Waals surface area contributed by atoms with Crippen LogP contribution in [0, 0.1) is 22.0 Å². The summed E-state index contributed by atoms with van der Waals surface area (Å²) in [5, 5.41) is 10.7. The molecule has 0 aliphatic carbocycles. The lowest BCUT2D eigenvalue weighted by molar-refractivity contribution is -0.384. The zero-order valence-corrected chi connectivity index (χ0v) is 13.6. The SMILES string of the molecule is CC(C)N1C[C@H]2C[C@@H](CN(C(=O)c3ccc([N+](=O)[O-])cc3)C2)C1. The molecule has 23 heavy (non-hydrogen) atoms. The van der Waals surface area contributed by atoms with Crippen molar-refractivity contribution in [2.24, 2.45) is 11.8 Å². The van der Waals surface area contributed by atoms with Gasteiger partial charge in [0.1, 0.15) is 0 Å². The molecule has 0 radical (unpaired) electrons. The van der Waals surface area contributed by atoms with Crippen LogP contribution in [0.25, 0.3) is 0 Å². The molecule has 3 rings (SSSR count). The number of carbonyl (C=O) groups is 1. The van der Waals surface area contributed by atoms with Crippen LogP contribution < -0.4 is 0 Å². The Morgan fingerprint density at radius 3 is 2.17 bits per heavy atom. The molecule has 6 nitrogen and oxygen atoms in total. The Bertz CT molecular complexity index is 586. The average Bonchev–Trinajstić information content (AvgIpc) is 2.53. The largest absolute Gasteiger partial charge is 0.338 e. The standard InChI is InChI=1S/C17H23N3O3/c1-12(2)18-8-13-7-14(9-18)11-19(10-13)17(21)15-3-5-16(6-4-15)20(22)23/h3-6,12-14H,7-11H2,1-2H3/t13-,14-/m1/s1. The van der Waals surface area contributed by atoms with Crippen LogP contribution >= 0.6 is 0 Å². The fourth-order valence-corrected chi connectivity index (χ4v) is 3.82. The van der Waals surface area contributed by atoms with Gasteiger partial charge >= 0.3 is 0 Å². The molecule has 2 aliphatic rings. The van der Waals surface area contributed by atoms with E-state index in [1.165, 1.54) is 18.6 Å². The lowest BCUT2D eigenvalue weighted by atomic mass is 9.84. The highest BCUT2D eigenvalue weighted by molar-refractivity contribution is 5.94. The van der Waals surface area contributed by atoms with Crippen LogP contribution in [0.3, 0.4) is 0 Å². The van der Waals surface area contributed by atoms with Crippen molar-refractivity contribution in [1.82, 2.24) is 9.80 Å². The van der Waals surface area contributed by atoms with Gasteiger partial charge in [-0.25, -0.2) is 0 Å². The number of carbonyl (C=O) groups excluding carboxylic acids is 1. The van der Waals surface area contributed by atoms with Crippen molar-refractivity contribution in [2.45, 2.75) is 26.3 Å². The monoisotopic (exact) mass is 317 g/mol.